The van der Waals surface area contributed by atoms with Crippen molar-refractivity contribution in [1.82, 2.24) is 5.32 Å². The highest BCUT2D eigenvalue weighted by Crippen LogP contribution is 2.34. The van der Waals surface area contributed by atoms with Gasteiger partial charge in [0.15, 0.2) is 5.78 Å². The van der Waals surface area contributed by atoms with Crippen LogP contribution < -0.4 is 10.1 Å². The molecule has 7 heteroatoms. The molecular formula is C27H25NO6. The molecule has 1 amide bonds. The Morgan fingerprint density at radius 1 is 0.882 bits per heavy atom. The van der Waals surface area contributed by atoms with Crippen LogP contribution in [0.1, 0.15) is 27.1 Å². The molecule has 0 aromatic heterocycles. The largest absolute Gasteiger partial charge is 0.507 e. The number of Topliss-reactive ketones (excluding diaryl/α,β-unsaturated/α-hetero) is 1. The van der Waals surface area contributed by atoms with Gasteiger partial charge < -0.3 is 24.6 Å². The first-order valence-corrected chi connectivity index (χ1v) is 11.3. The average Bonchev–Trinajstić information content (AvgIpc) is 3.43. The molecule has 0 aliphatic carbocycles. The molecule has 4 atom stereocenters. The van der Waals surface area contributed by atoms with Crippen molar-refractivity contribution in [3.8, 4) is 17.2 Å². The number of fused-ring (bicyclic) bond motifs is 1. The van der Waals surface area contributed by atoms with Crippen molar-refractivity contribution in [3.05, 3.63) is 90.0 Å². The van der Waals surface area contributed by atoms with Gasteiger partial charge in [-0.2, -0.15) is 0 Å². The first kappa shape index (κ1) is 22.1. The third-order valence-corrected chi connectivity index (χ3v) is 6.20. The van der Waals surface area contributed by atoms with Gasteiger partial charge >= 0.3 is 0 Å². The molecule has 2 aliphatic rings. The Morgan fingerprint density at radius 3 is 2.44 bits per heavy atom. The van der Waals surface area contributed by atoms with Crippen LogP contribution in [-0.2, 0) is 9.47 Å². The molecular weight excluding hydrogens is 434 g/mol. The minimum Gasteiger partial charge on any atom is -0.507 e. The van der Waals surface area contributed by atoms with E-state index >= 15 is 0 Å². The summed E-state index contributed by atoms with van der Waals surface area (Å²) in [7, 11) is 0. The van der Waals surface area contributed by atoms with Gasteiger partial charge in [-0.1, -0.05) is 42.5 Å². The number of carbonyl (C=O) groups excluding carboxylic acids is 2. The lowest BCUT2D eigenvalue weighted by atomic mass is 9.92. The predicted molar refractivity (Wildman–Crippen MR) is 124 cm³/mol. The second kappa shape index (κ2) is 9.67. The standard InChI is InChI=1S/C27H25NO6/c29-23-12-5-4-11-21(23)27(31)28-22-16-33-25-18(15-32-26(22)25)14-24(30)17-7-6-10-20(13-17)34-19-8-2-1-3-9-19/h1-13,18,22,25-26,29H,14-16H2,(H,28,31)/t18-,22-,25+,26+/m0/s1. The third-order valence-electron chi connectivity index (χ3n) is 6.20. The van der Waals surface area contributed by atoms with Crippen molar-refractivity contribution in [2.24, 2.45) is 5.92 Å². The van der Waals surface area contributed by atoms with Crippen LogP contribution in [0.15, 0.2) is 78.9 Å². The van der Waals surface area contributed by atoms with Crippen LogP contribution in [-0.4, -0.2) is 48.3 Å². The van der Waals surface area contributed by atoms with Gasteiger partial charge in [0.05, 0.1) is 30.9 Å². The van der Waals surface area contributed by atoms with E-state index in [0.717, 1.165) is 0 Å². The lowest BCUT2D eigenvalue weighted by Gasteiger charge is -2.18. The number of nitrogens with one attached hydrogen (secondary N) is 1. The Balaban J connectivity index is 1.20. The topological polar surface area (TPSA) is 94.1 Å². The van der Waals surface area contributed by atoms with Gasteiger partial charge in [-0.25, -0.2) is 0 Å². The Labute approximate surface area is 197 Å². The molecule has 0 bridgehead atoms. The SMILES string of the molecule is O=C(C[C@H]1CO[C@H]2[C@@H]1OC[C@@H]2NC(=O)c1ccccc1O)c1cccc(Oc2ccccc2)c1. The molecule has 0 unspecified atom stereocenters. The lowest BCUT2D eigenvalue weighted by molar-refractivity contribution is 0.0591. The van der Waals surface area contributed by atoms with E-state index in [1.54, 1.807) is 36.4 Å². The van der Waals surface area contributed by atoms with Crippen molar-refractivity contribution in [2.75, 3.05) is 13.2 Å². The van der Waals surface area contributed by atoms with Crippen LogP contribution in [0.5, 0.6) is 17.2 Å². The van der Waals surface area contributed by atoms with E-state index in [9.17, 15) is 14.7 Å². The molecule has 3 aromatic rings. The molecule has 2 aliphatic heterocycles. The number of aromatic hydroxyl groups is 1. The number of carbonyl (C=O) groups is 2. The molecule has 0 saturated carbocycles. The van der Waals surface area contributed by atoms with Gasteiger partial charge in [-0.15, -0.1) is 0 Å². The minimum atomic E-state index is -0.384. The quantitative estimate of drug-likeness (QED) is 0.520. The smallest absolute Gasteiger partial charge is 0.255 e. The van der Waals surface area contributed by atoms with Crippen molar-refractivity contribution in [3.63, 3.8) is 0 Å². The summed E-state index contributed by atoms with van der Waals surface area (Å²) < 4.78 is 17.7. The van der Waals surface area contributed by atoms with Crippen LogP contribution in [0.2, 0.25) is 0 Å². The summed E-state index contributed by atoms with van der Waals surface area (Å²) in [5, 5.41) is 12.8. The number of para-hydroxylation sites is 2. The number of hydrogen-bond donors (Lipinski definition) is 2. The number of ether oxygens (including phenoxy) is 3. The monoisotopic (exact) mass is 459 g/mol. The van der Waals surface area contributed by atoms with Gasteiger partial charge in [0, 0.05) is 17.9 Å². The number of rotatable bonds is 7. The van der Waals surface area contributed by atoms with Gasteiger partial charge in [-0.3, -0.25) is 9.59 Å². The molecule has 5 rings (SSSR count). The zero-order chi connectivity index (χ0) is 23.5. The zero-order valence-corrected chi connectivity index (χ0v) is 18.4. The first-order chi connectivity index (χ1) is 16.6. The Morgan fingerprint density at radius 2 is 1.62 bits per heavy atom. The molecule has 174 valence electrons. The highest BCUT2D eigenvalue weighted by molar-refractivity contribution is 5.97. The van der Waals surface area contributed by atoms with Gasteiger partial charge in [0.1, 0.15) is 23.4 Å². The van der Waals surface area contributed by atoms with Gasteiger partial charge in [0.2, 0.25) is 0 Å². The van der Waals surface area contributed by atoms with Crippen molar-refractivity contribution in [1.29, 1.82) is 0 Å². The normalized spacial score (nSPS) is 23.3. The predicted octanol–water partition coefficient (Wildman–Crippen LogP) is 3.97. The fourth-order valence-corrected chi connectivity index (χ4v) is 4.50. The fraction of sp³-hybridized carbons (Fsp3) is 0.259. The second-order valence-corrected chi connectivity index (χ2v) is 8.52. The molecule has 2 heterocycles. The van der Waals surface area contributed by atoms with E-state index in [4.69, 9.17) is 14.2 Å². The molecule has 2 fully saturated rings. The van der Waals surface area contributed by atoms with E-state index in [1.807, 2.05) is 36.4 Å². The maximum atomic E-state index is 13.0. The van der Waals surface area contributed by atoms with Crippen LogP contribution in [0, 0.1) is 5.92 Å². The molecule has 34 heavy (non-hydrogen) atoms. The Bertz CT molecular complexity index is 1180. The molecule has 2 N–H and O–H groups in total. The number of benzene rings is 3. The van der Waals surface area contributed by atoms with Crippen LogP contribution >= 0.6 is 0 Å². The molecule has 7 nitrogen and oxygen atoms in total. The molecule has 0 radical (unpaired) electrons. The summed E-state index contributed by atoms with van der Waals surface area (Å²) in [4.78, 5) is 25.6. The summed E-state index contributed by atoms with van der Waals surface area (Å²) in [5.41, 5.74) is 0.771. The van der Waals surface area contributed by atoms with E-state index in [-0.39, 0.29) is 53.6 Å². The maximum absolute atomic E-state index is 13.0. The van der Waals surface area contributed by atoms with E-state index < -0.39 is 0 Å². The summed E-state index contributed by atoms with van der Waals surface area (Å²) in [5.74, 6) is 0.716. The summed E-state index contributed by atoms with van der Waals surface area (Å²) in [6.07, 6.45) is -0.335. The van der Waals surface area contributed by atoms with Crippen molar-refractivity contribution in [2.45, 2.75) is 24.7 Å². The zero-order valence-electron chi connectivity index (χ0n) is 18.4. The number of phenols is 1. The maximum Gasteiger partial charge on any atom is 0.255 e. The Hall–Kier alpha value is -3.68. The minimum absolute atomic E-state index is 0.0157. The van der Waals surface area contributed by atoms with E-state index in [0.29, 0.717) is 30.3 Å². The highest BCUT2D eigenvalue weighted by Gasteiger charge is 2.48. The number of phenolic OH excluding ortho intramolecular Hbond substituents is 1. The average molecular weight is 459 g/mol. The molecule has 0 spiro atoms. The molecule has 2 saturated heterocycles. The number of hydrogen-bond acceptors (Lipinski definition) is 6. The second-order valence-electron chi connectivity index (χ2n) is 8.52. The van der Waals surface area contributed by atoms with Crippen molar-refractivity contribution < 1.29 is 28.9 Å². The lowest BCUT2D eigenvalue weighted by Crippen LogP contribution is -2.44. The number of amides is 1. The summed E-state index contributed by atoms with van der Waals surface area (Å²) in [6.45, 7) is 0.671. The van der Waals surface area contributed by atoms with Gasteiger partial charge in [-0.05, 0) is 36.4 Å². The van der Waals surface area contributed by atoms with E-state index in [2.05, 4.69) is 5.32 Å². The van der Waals surface area contributed by atoms with Crippen LogP contribution in [0.4, 0.5) is 0 Å². The Kier molecular flexibility index (Phi) is 6.29. The third kappa shape index (κ3) is 4.66. The fourth-order valence-electron chi connectivity index (χ4n) is 4.50. The first-order valence-electron chi connectivity index (χ1n) is 11.3. The van der Waals surface area contributed by atoms with Crippen LogP contribution in [0.25, 0.3) is 0 Å². The molecule has 3 aromatic carbocycles. The van der Waals surface area contributed by atoms with E-state index in [1.165, 1.54) is 6.07 Å². The van der Waals surface area contributed by atoms with Crippen molar-refractivity contribution >= 4 is 11.7 Å². The number of ketones is 1. The highest BCUT2D eigenvalue weighted by atomic mass is 16.6. The summed E-state index contributed by atoms with van der Waals surface area (Å²) in [6, 6.07) is 22.6. The van der Waals surface area contributed by atoms with Crippen LogP contribution in [0.3, 0.4) is 0 Å². The van der Waals surface area contributed by atoms with Gasteiger partial charge in [0.25, 0.3) is 5.91 Å². The summed E-state index contributed by atoms with van der Waals surface area (Å²) >= 11 is 0.